The minimum Gasteiger partial charge on any atom is -0.444 e. The maximum Gasteiger partial charge on any atom is 0.410 e. The first-order valence-corrected chi connectivity index (χ1v) is 7.81. The van der Waals surface area contributed by atoms with Gasteiger partial charge in [0, 0.05) is 12.2 Å². The van der Waals surface area contributed by atoms with Gasteiger partial charge in [-0.1, -0.05) is 11.6 Å². The highest BCUT2D eigenvalue weighted by Crippen LogP contribution is 2.24. The van der Waals surface area contributed by atoms with Gasteiger partial charge < -0.3 is 10.1 Å². The average Bonchev–Trinajstić information content (AvgIpc) is 2.90. The maximum absolute atomic E-state index is 13.1. The number of nitrogens with zero attached hydrogens (tertiary/aromatic N) is 1. The first-order chi connectivity index (χ1) is 10.7. The van der Waals surface area contributed by atoms with Crippen LogP contribution in [0.1, 0.15) is 33.6 Å². The lowest BCUT2D eigenvalue weighted by Crippen LogP contribution is -2.45. The molecular weight excluding hydrogens is 323 g/mol. The van der Waals surface area contributed by atoms with Gasteiger partial charge in [-0.05, 0) is 51.8 Å². The van der Waals surface area contributed by atoms with E-state index in [1.807, 2.05) is 0 Å². The lowest BCUT2D eigenvalue weighted by molar-refractivity contribution is -0.120. The van der Waals surface area contributed by atoms with Crippen molar-refractivity contribution >= 4 is 29.3 Å². The van der Waals surface area contributed by atoms with Crippen molar-refractivity contribution in [2.75, 3.05) is 11.9 Å². The number of hydrogen-bond donors (Lipinski definition) is 1. The third-order valence-corrected chi connectivity index (χ3v) is 3.66. The van der Waals surface area contributed by atoms with E-state index < -0.39 is 23.6 Å². The van der Waals surface area contributed by atoms with Gasteiger partial charge in [-0.25, -0.2) is 9.18 Å². The number of carbonyl (C=O) groups excluding carboxylic acids is 2. The zero-order valence-corrected chi connectivity index (χ0v) is 14.1. The normalized spacial score (nSPS) is 18.0. The van der Waals surface area contributed by atoms with E-state index in [2.05, 4.69) is 5.32 Å². The summed E-state index contributed by atoms with van der Waals surface area (Å²) in [6.07, 6.45) is 0.772. The molecule has 1 aliphatic rings. The molecule has 1 fully saturated rings. The summed E-state index contributed by atoms with van der Waals surface area (Å²) in [5.41, 5.74) is -0.233. The van der Waals surface area contributed by atoms with E-state index in [1.54, 1.807) is 20.8 Å². The minimum atomic E-state index is -0.620. The molecule has 7 heteroatoms. The van der Waals surface area contributed by atoms with Crippen LogP contribution in [0.3, 0.4) is 0 Å². The van der Waals surface area contributed by atoms with Crippen molar-refractivity contribution in [1.82, 2.24) is 4.90 Å². The molecule has 2 amide bonds. The Morgan fingerprint density at radius 2 is 2.09 bits per heavy atom. The quantitative estimate of drug-likeness (QED) is 0.889. The minimum absolute atomic E-state index is 0.0711. The molecule has 1 N–H and O–H groups in total. The van der Waals surface area contributed by atoms with Gasteiger partial charge >= 0.3 is 6.09 Å². The van der Waals surface area contributed by atoms with Gasteiger partial charge in [-0.2, -0.15) is 0 Å². The highest BCUT2D eigenvalue weighted by atomic mass is 35.5. The van der Waals surface area contributed by atoms with Crippen LogP contribution in [0.25, 0.3) is 0 Å². The topological polar surface area (TPSA) is 58.6 Å². The molecule has 1 unspecified atom stereocenters. The van der Waals surface area contributed by atoms with Crippen molar-refractivity contribution < 1.29 is 18.7 Å². The third kappa shape index (κ3) is 4.58. The predicted octanol–water partition coefficient (Wildman–Crippen LogP) is 3.82. The number of hydrogen-bond acceptors (Lipinski definition) is 3. The Morgan fingerprint density at radius 1 is 1.39 bits per heavy atom. The largest absolute Gasteiger partial charge is 0.444 e. The summed E-state index contributed by atoms with van der Waals surface area (Å²) in [5.74, 6) is -0.892. The molecule has 0 saturated carbocycles. The molecule has 5 nitrogen and oxygen atoms in total. The Bertz CT molecular complexity index is 616. The zero-order valence-electron chi connectivity index (χ0n) is 13.4. The fourth-order valence-corrected chi connectivity index (χ4v) is 2.56. The number of benzene rings is 1. The standard InChI is InChI=1S/C16H20ClFN2O3/c1-16(2,3)23-15(22)20-8-4-5-13(20)14(21)19-10-6-7-12(18)11(17)9-10/h6-7,9,13H,4-5,8H2,1-3H3,(H,19,21). The molecule has 1 saturated heterocycles. The van der Waals surface area contributed by atoms with Gasteiger partial charge in [-0.3, -0.25) is 9.69 Å². The van der Waals surface area contributed by atoms with Gasteiger partial charge in [-0.15, -0.1) is 0 Å². The molecule has 1 aliphatic heterocycles. The zero-order chi connectivity index (χ0) is 17.2. The number of nitrogens with one attached hydrogen (secondary N) is 1. The van der Waals surface area contributed by atoms with Crippen LogP contribution >= 0.6 is 11.6 Å². The number of carbonyl (C=O) groups is 2. The van der Waals surface area contributed by atoms with Crippen LogP contribution in [0.4, 0.5) is 14.9 Å². The van der Waals surface area contributed by atoms with Crippen LogP contribution < -0.4 is 5.32 Å². The molecule has 23 heavy (non-hydrogen) atoms. The lowest BCUT2D eigenvalue weighted by Gasteiger charge is -2.28. The molecule has 2 rings (SSSR count). The van der Waals surface area contributed by atoms with Crippen LogP contribution in [0.2, 0.25) is 5.02 Å². The first-order valence-electron chi connectivity index (χ1n) is 7.43. The second kappa shape index (κ2) is 6.74. The molecule has 0 spiro atoms. The van der Waals surface area contributed by atoms with Crippen molar-refractivity contribution in [2.45, 2.75) is 45.3 Å². The number of anilines is 1. The monoisotopic (exact) mass is 342 g/mol. The first kappa shape index (κ1) is 17.5. The van der Waals surface area contributed by atoms with Crippen molar-refractivity contribution in [3.05, 3.63) is 29.0 Å². The molecule has 1 heterocycles. The van der Waals surface area contributed by atoms with E-state index in [1.165, 1.54) is 23.1 Å². The van der Waals surface area contributed by atoms with Gasteiger partial charge in [0.1, 0.15) is 17.5 Å². The number of ether oxygens (including phenoxy) is 1. The SMILES string of the molecule is CC(C)(C)OC(=O)N1CCCC1C(=O)Nc1ccc(F)c(Cl)c1. The number of likely N-dealkylation sites (tertiary alicyclic amines) is 1. The molecule has 0 aromatic heterocycles. The van der Waals surface area contributed by atoms with Crippen molar-refractivity contribution in [2.24, 2.45) is 0 Å². The molecule has 1 atom stereocenters. The summed E-state index contributed by atoms with van der Waals surface area (Å²) in [6, 6.07) is 3.33. The molecule has 1 aromatic carbocycles. The summed E-state index contributed by atoms with van der Waals surface area (Å²) in [7, 11) is 0. The third-order valence-electron chi connectivity index (χ3n) is 3.37. The van der Waals surface area contributed by atoms with Crippen LogP contribution in [0, 0.1) is 5.82 Å². The van der Waals surface area contributed by atoms with Crippen LogP contribution in [-0.2, 0) is 9.53 Å². The Kier molecular flexibility index (Phi) is 5.14. The smallest absolute Gasteiger partial charge is 0.410 e. The van der Waals surface area contributed by atoms with Crippen molar-refractivity contribution in [1.29, 1.82) is 0 Å². The number of halogens is 2. The Hall–Kier alpha value is -1.82. The van der Waals surface area contributed by atoms with E-state index in [9.17, 15) is 14.0 Å². The summed E-state index contributed by atoms with van der Waals surface area (Å²) < 4.78 is 18.5. The second-order valence-electron chi connectivity index (χ2n) is 6.45. The highest BCUT2D eigenvalue weighted by molar-refractivity contribution is 6.31. The van der Waals surface area contributed by atoms with E-state index in [-0.39, 0.29) is 10.9 Å². The van der Waals surface area contributed by atoms with Gasteiger partial charge in [0.25, 0.3) is 0 Å². The summed E-state index contributed by atoms with van der Waals surface area (Å²) in [5, 5.41) is 2.59. The Labute approximate surface area is 139 Å². The van der Waals surface area contributed by atoms with E-state index in [0.717, 1.165) is 6.42 Å². The summed E-state index contributed by atoms with van der Waals surface area (Å²) in [6.45, 7) is 5.79. The molecule has 126 valence electrons. The Balaban J connectivity index is 2.05. The molecule has 1 aromatic rings. The van der Waals surface area contributed by atoms with Crippen LogP contribution in [0.5, 0.6) is 0 Å². The molecular formula is C16H20ClFN2O3. The van der Waals surface area contributed by atoms with Gasteiger partial charge in [0.05, 0.1) is 5.02 Å². The van der Waals surface area contributed by atoms with Gasteiger partial charge in [0.2, 0.25) is 5.91 Å². The van der Waals surface area contributed by atoms with Crippen molar-refractivity contribution in [3.8, 4) is 0 Å². The summed E-state index contributed by atoms with van der Waals surface area (Å²) in [4.78, 5) is 26.0. The van der Waals surface area contributed by atoms with Crippen molar-refractivity contribution in [3.63, 3.8) is 0 Å². The van der Waals surface area contributed by atoms with Crippen LogP contribution in [-0.4, -0.2) is 35.1 Å². The molecule has 0 aliphatic carbocycles. The Morgan fingerprint density at radius 3 is 2.70 bits per heavy atom. The lowest BCUT2D eigenvalue weighted by atomic mass is 10.2. The van der Waals surface area contributed by atoms with Gasteiger partial charge in [0.15, 0.2) is 0 Å². The summed E-state index contributed by atoms with van der Waals surface area (Å²) >= 11 is 5.70. The predicted molar refractivity (Wildman–Crippen MR) is 86.0 cm³/mol. The average molecular weight is 343 g/mol. The highest BCUT2D eigenvalue weighted by Gasteiger charge is 2.36. The number of amides is 2. The fourth-order valence-electron chi connectivity index (χ4n) is 2.38. The fraction of sp³-hybridized carbons (Fsp3) is 0.500. The van der Waals surface area contributed by atoms with E-state index in [0.29, 0.717) is 18.7 Å². The number of rotatable bonds is 2. The van der Waals surface area contributed by atoms with Crippen LogP contribution in [0.15, 0.2) is 18.2 Å². The van der Waals surface area contributed by atoms with E-state index in [4.69, 9.17) is 16.3 Å². The van der Waals surface area contributed by atoms with E-state index >= 15 is 0 Å². The maximum atomic E-state index is 13.1. The molecule has 0 bridgehead atoms. The second-order valence-corrected chi connectivity index (χ2v) is 6.86. The molecule has 0 radical (unpaired) electrons.